The summed E-state index contributed by atoms with van der Waals surface area (Å²) in [4.78, 5) is 25.6. The molecule has 0 bridgehead atoms. The largest absolute Gasteiger partial charge is 0.421 e. The maximum atomic E-state index is 15.3. The van der Waals surface area contributed by atoms with Gasteiger partial charge >= 0.3 is 6.18 Å². The van der Waals surface area contributed by atoms with Crippen LogP contribution in [0.4, 0.5) is 45.1 Å². The number of rotatable bonds is 10. The van der Waals surface area contributed by atoms with E-state index in [0.29, 0.717) is 63.3 Å². The molecule has 3 aromatic rings. The van der Waals surface area contributed by atoms with E-state index in [9.17, 15) is 41.7 Å². The lowest BCUT2D eigenvalue weighted by Gasteiger charge is -2.38. The van der Waals surface area contributed by atoms with Gasteiger partial charge in [-0.1, -0.05) is 0 Å². The summed E-state index contributed by atoms with van der Waals surface area (Å²) in [6, 6.07) is 6.96. The summed E-state index contributed by atoms with van der Waals surface area (Å²) < 4.78 is 103. The van der Waals surface area contributed by atoms with Crippen LogP contribution in [0.3, 0.4) is 0 Å². The number of amides is 1. The summed E-state index contributed by atoms with van der Waals surface area (Å²) in [6.07, 6.45) is 0.665. The Hall–Kier alpha value is -4.85. The van der Waals surface area contributed by atoms with Gasteiger partial charge in [-0.15, -0.1) is 4.58 Å². The number of carbonyl (C=O) groups excluding carboxylic acids is 1. The molecule has 3 aliphatic heterocycles. The Morgan fingerprint density at radius 1 is 1.07 bits per heavy atom. The van der Waals surface area contributed by atoms with Crippen LogP contribution in [0, 0.1) is 17.6 Å². The molecule has 2 aromatic carbocycles. The molecule has 14 nitrogen and oxygen atoms in total. The number of sulfonamides is 1. The van der Waals surface area contributed by atoms with E-state index in [2.05, 4.69) is 36.2 Å². The molecular weight excluding hydrogens is 816 g/mol. The number of aliphatic hydroxyl groups excluding tert-OH is 2. The highest BCUT2D eigenvalue weighted by molar-refractivity contribution is 7.89. The van der Waals surface area contributed by atoms with E-state index in [4.69, 9.17) is 0 Å². The van der Waals surface area contributed by atoms with Crippen LogP contribution in [-0.2, 0) is 21.0 Å². The van der Waals surface area contributed by atoms with Crippen molar-refractivity contribution in [2.45, 2.75) is 105 Å². The Kier molecular flexibility index (Phi) is 12.4. The number of alkyl halides is 3. The van der Waals surface area contributed by atoms with Gasteiger partial charge in [0.05, 0.1) is 28.0 Å². The number of nitrogens with one attached hydrogen (secondary N) is 3. The van der Waals surface area contributed by atoms with Gasteiger partial charge in [0.15, 0.2) is 12.4 Å². The number of aromatic nitrogens is 2. The number of benzene rings is 2. The third-order valence-corrected chi connectivity index (χ3v) is 12.8. The van der Waals surface area contributed by atoms with Crippen LogP contribution in [0.5, 0.6) is 0 Å². The number of halogens is 5. The van der Waals surface area contributed by atoms with Crippen molar-refractivity contribution in [3.05, 3.63) is 71.4 Å². The van der Waals surface area contributed by atoms with Crippen molar-refractivity contribution in [1.82, 2.24) is 20.0 Å². The van der Waals surface area contributed by atoms with Crippen LogP contribution in [-0.4, -0.2) is 106 Å². The molecular formula is C40H46F5N8O6S+. The first-order chi connectivity index (χ1) is 28.3. The predicted molar refractivity (Wildman–Crippen MR) is 210 cm³/mol. The monoisotopic (exact) mass is 861 g/mol. The minimum absolute atomic E-state index is 0.0993. The number of piperidine rings is 2. The van der Waals surface area contributed by atoms with Gasteiger partial charge in [0.2, 0.25) is 27.6 Å². The fourth-order valence-electron chi connectivity index (χ4n) is 8.04. The first-order valence-electron chi connectivity index (χ1n) is 19.7. The molecule has 0 radical (unpaired) electrons. The molecule has 0 spiro atoms. The second-order valence-electron chi connectivity index (χ2n) is 16.1. The van der Waals surface area contributed by atoms with E-state index in [-0.39, 0.29) is 47.8 Å². The number of anilines is 3. The zero-order valence-corrected chi connectivity index (χ0v) is 33.4. The van der Waals surface area contributed by atoms with E-state index in [0.717, 1.165) is 18.2 Å². The Morgan fingerprint density at radius 3 is 2.50 bits per heavy atom. The number of hydrogen-bond acceptors (Lipinski definition) is 11. The number of β-amino-alcohol motifs (C(OH)–C–C–N with tert-alkyl or cyclic N) is 2. The summed E-state index contributed by atoms with van der Waals surface area (Å²) in [5.41, 5.74) is -1.93. The van der Waals surface area contributed by atoms with Gasteiger partial charge in [0, 0.05) is 61.4 Å². The van der Waals surface area contributed by atoms with Crippen LogP contribution >= 0.6 is 0 Å². The second-order valence-corrected chi connectivity index (χ2v) is 17.8. The van der Waals surface area contributed by atoms with Gasteiger partial charge in [-0.3, -0.25) is 9.79 Å². The molecule has 20 heteroatoms. The molecule has 1 aliphatic carbocycles. The van der Waals surface area contributed by atoms with Gasteiger partial charge < -0.3 is 30.9 Å². The lowest BCUT2D eigenvalue weighted by atomic mass is 9.89. The maximum Gasteiger partial charge on any atom is 0.421 e. The molecule has 1 amide bonds. The lowest BCUT2D eigenvalue weighted by molar-refractivity contribution is -0.449. The number of carbonyl (C=O) groups is 1. The molecule has 1 saturated carbocycles. The molecule has 322 valence electrons. The Morgan fingerprint density at radius 2 is 1.83 bits per heavy atom. The highest BCUT2D eigenvalue weighted by Crippen LogP contribution is 2.38. The fourth-order valence-corrected chi connectivity index (χ4v) is 9.35. The number of nitrogens with zero attached hydrogens (tertiary/aromatic N) is 5. The summed E-state index contributed by atoms with van der Waals surface area (Å²) in [6.45, 7) is 1.75. The first kappa shape index (κ1) is 43.2. The summed E-state index contributed by atoms with van der Waals surface area (Å²) >= 11 is 0. The smallest absolute Gasteiger partial charge is 0.388 e. The molecule has 3 fully saturated rings. The van der Waals surface area contributed by atoms with E-state index < -0.39 is 80.9 Å². The molecule has 6 N–H and O–H groups in total. The van der Waals surface area contributed by atoms with Crippen molar-refractivity contribution in [2.75, 3.05) is 29.9 Å². The summed E-state index contributed by atoms with van der Waals surface area (Å²) in [7, 11) is -4.17. The SMILES string of the molecule is C[C@]1(O)CCCN(c2nc(Nc3ccc(S(=O)(=O)NC4CCC(N=CC5C=C=[N+](c6ccc(C7CCC(O)NC7=O)c(F)c6)C[C@@H]5O)CC4)cc3F)ncc2C(F)(F)F)C1. The van der Waals surface area contributed by atoms with Crippen LogP contribution < -0.4 is 20.3 Å². The first-order valence-corrected chi connectivity index (χ1v) is 21.2. The van der Waals surface area contributed by atoms with Crippen molar-refractivity contribution >= 4 is 51.2 Å². The third-order valence-electron chi connectivity index (χ3n) is 11.3. The maximum absolute atomic E-state index is 15.3. The van der Waals surface area contributed by atoms with Gasteiger partial charge in [-0.25, -0.2) is 26.9 Å². The molecule has 3 unspecified atom stereocenters. The van der Waals surface area contributed by atoms with Crippen molar-refractivity contribution in [3.63, 3.8) is 0 Å². The van der Waals surface area contributed by atoms with Crippen molar-refractivity contribution in [1.29, 1.82) is 0 Å². The fraction of sp³-hybridized carbons (Fsp3) is 0.500. The van der Waals surface area contributed by atoms with Crippen LogP contribution in [0.25, 0.3) is 0 Å². The van der Waals surface area contributed by atoms with Crippen molar-refractivity contribution < 1.29 is 55.1 Å². The minimum Gasteiger partial charge on any atom is -0.388 e. The lowest BCUT2D eigenvalue weighted by Crippen LogP contribution is -2.47. The topological polar surface area (TPSA) is 192 Å². The number of aliphatic imine (C=N–C) groups is 1. The van der Waals surface area contributed by atoms with Gasteiger partial charge in [0.25, 0.3) is 0 Å². The standard InChI is InChI=1S/C40H45F5N8O6S/c1-39(57)14-2-15-53(22-39)36-30(40(43,44)45)20-47-38(50-36)48-33-11-8-27(18-32(33)42)60(58,59)51-25-5-3-24(4-6-25)46-19-23-13-16-52(21-34(23)54)26-7-9-28(31(41)17-26)29-10-12-35(55)49-37(29)56/h7-9,11,13,17-20,23-25,29,34-35,51,54-55,57H,2-6,10,12,14-15,21-22H2,1H3,(H-,47,48,49,50,56)/p+1/t23?,24?,25?,29?,34-,35?,39-/m0/s1. The Bertz CT molecular complexity index is 2310. The van der Waals surface area contributed by atoms with E-state index >= 15 is 8.78 Å². The molecule has 4 heterocycles. The highest BCUT2D eigenvalue weighted by Gasteiger charge is 2.40. The van der Waals surface area contributed by atoms with Gasteiger partial charge in [-0.2, -0.15) is 18.2 Å². The quantitative estimate of drug-likeness (QED) is 0.0968. The number of aliphatic hydroxyl groups is 3. The molecule has 2 saturated heterocycles. The highest BCUT2D eigenvalue weighted by atomic mass is 32.2. The normalized spacial score (nSPS) is 27.8. The van der Waals surface area contributed by atoms with Crippen molar-refractivity contribution in [2.24, 2.45) is 10.9 Å². The zero-order valence-electron chi connectivity index (χ0n) is 32.5. The molecule has 7 rings (SSSR count). The van der Waals surface area contributed by atoms with Crippen LogP contribution in [0.1, 0.15) is 75.3 Å². The van der Waals surface area contributed by atoms with E-state index in [1.54, 1.807) is 22.9 Å². The molecule has 5 atom stereocenters. The van der Waals surface area contributed by atoms with E-state index in [1.807, 2.05) is 0 Å². The zero-order chi connectivity index (χ0) is 43.0. The average Bonchev–Trinajstić information content (AvgIpc) is 3.18. The summed E-state index contributed by atoms with van der Waals surface area (Å²) in [5.74, 6) is -0.948. The Balaban J connectivity index is 0.933. The van der Waals surface area contributed by atoms with Crippen molar-refractivity contribution in [3.8, 4) is 0 Å². The van der Waals surface area contributed by atoms with Crippen LogP contribution in [0.15, 0.2) is 58.6 Å². The summed E-state index contributed by atoms with van der Waals surface area (Å²) in [5, 5.41) is 36.0. The third kappa shape index (κ3) is 10.0. The average molecular weight is 862 g/mol. The Labute approximate surface area is 343 Å². The molecule has 1 aromatic heterocycles. The van der Waals surface area contributed by atoms with Gasteiger partial charge in [-0.05, 0) is 82.6 Å². The molecule has 4 aliphatic rings. The molecule has 60 heavy (non-hydrogen) atoms. The minimum atomic E-state index is -4.79. The number of hydrogen-bond donors (Lipinski definition) is 6. The van der Waals surface area contributed by atoms with E-state index in [1.165, 1.54) is 24.0 Å². The van der Waals surface area contributed by atoms with Crippen LogP contribution in [0.2, 0.25) is 0 Å². The predicted octanol–water partition coefficient (Wildman–Crippen LogP) is 4.40. The van der Waals surface area contributed by atoms with Gasteiger partial charge in [0.1, 0.15) is 35.3 Å². The second kappa shape index (κ2) is 17.3.